The Morgan fingerprint density at radius 1 is 1.05 bits per heavy atom. The number of likely N-dealkylation sites (N-methyl/N-ethyl adjacent to an activating group) is 1. The molecule has 2 heteroatoms. The fourth-order valence-electron chi connectivity index (χ4n) is 4.06. The normalized spacial score (nSPS) is 34.4. The van der Waals surface area contributed by atoms with Crippen molar-refractivity contribution in [3.8, 4) is 0 Å². The van der Waals surface area contributed by atoms with Gasteiger partial charge in [0.15, 0.2) is 0 Å². The summed E-state index contributed by atoms with van der Waals surface area (Å²) >= 11 is 0. The number of hydrogen-bond donors (Lipinski definition) is 1. The smallest absolute Gasteiger partial charge is 0.0249 e. The Balaban J connectivity index is 1.96. The Labute approximate surface area is 120 Å². The fraction of sp³-hybridized carbons (Fsp3) is 1.00. The zero-order chi connectivity index (χ0) is 13.7. The van der Waals surface area contributed by atoms with Crippen LogP contribution >= 0.6 is 0 Å². The van der Waals surface area contributed by atoms with Crippen molar-refractivity contribution in [1.29, 1.82) is 0 Å². The topological polar surface area (TPSA) is 15.3 Å². The summed E-state index contributed by atoms with van der Waals surface area (Å²) in [6, 6.07) is 1.56. The van der Waals surface area contributed by atoms with Crippen LogP contribution in [0.4, 0.5) is 0 Å². The summed E-state index contributed by atoms with van der Waals surface area (Å²) in [7, 11) is 0. The second-order valence-corrected chi connectivity index (χ2v) is 7.01. The first kappa shape index (κ1) is 15.3. The van der Waals surface area contributed by atoms with Gasteiger partial charge in [0.05, 0.1) is 0 Å². The van der Waals surface area contributed by atoms with Gasteiger partial charge in [0.2, 0.25) is 0 Å². The summed E-state index contributed by atoms with van der Waals surface area (Å²) in [6.07, 6.45) is 10.0. The molecule has 0 aromatic heterocycles. The van der Waals surface area contributed by atoms with Crippen LogP contribution in [0, 0.1) is 11.8 Å². The summed E-state index contributed by atoms with van der Waals surface area (Å²) in [6.45, 7) is 10.9. The maximum atomic E-state index is 3.78. The van der Waals surface area contributed by atoms with Crippen molar-refractivity contribution in [2.45, 2.75) is 77.8 Å². The highest BCUT2D eigenvalue weighted by Gasteiger charge is 2.33. The highest BCUT2D eigenvalue weighted by Crippen LogP contribution is 2.30. The predicted octanol–water partition coefficient (Wildman–Crippen LogP) is 3.67. The zero-order valence-corrected chi connectivity index (χ0v) is 13.3. The predicted molar refractivity (Wildman–Crippen MR) is 83.5 cm³/mol. The number of nitrogens with zero attached hydrogens (tertiary/aromatic N) is 1. The molecule has 0 aromatic carbocycles. The van der Waals surface area contributed by atoms with Crippen LogP contribution < -0.4 is 5.32 Å². The lowest BCUT2D eigenvalue weighted by Crippen LogP contribution is -2.50. The van der Waals surface area contributed by atoms with Crippen LogP contribution in [0.2, 0.25) is 0 Å². The van der Waals surface area contributed by atoms with Gasteiger partial charge in [-0.2, -0.15) is 0 Å². The van der Waals surface area contributed by atoms with Crippen molar-refractivity contribution >= 4 is 0 Å². The minimum Gasteiger partial charge on any atom is -0.313 e. The lowest BCUT2D eigenvalue weighted by atomic mass is 9.91. The lowest BCUT2D eigenvalue weighted by molar-refractivity contribution is 0.154. The Hall–Kier alpha value is -0.0800. The van der Waals surface area contributed by atoms with Crippen LogP contribution in [0.1, 0.15) is 65.7 Å². The van der Waals surface area contributed by atoms with Crippen molar-refractivity contribution in [2.75, 3.05) is 19.6 Å². The van der Waals surface area contributed by atoms with Crippen LogP contribution in [0.5, 0.6) is 0 Å². The van der Waals surface area contributed by atoms with Gasteiger partial charge < -0.3 is 5.32 Å². The molecule has 2 aliphatic rings. The summed E-state index contributed by atoms with van der Waals surface area (Å²) in [4.78, 5) is 2.82. The third-order valence-electron chi connectivity index (χ3n) is 5.36. The minimum atomic E-state index is 0.746. The number of hydrogen-bond acceptors (Lipinski definition) is 2. The molecule has 2 rings (SSSR count). The standard InChI is InChI=1S/C17H34N2/c1-4-18-16-9-7-5-6-8-10-17(16)19-12-11-15(13-19)14(2)3/h14-18H,4-13H2,1-3H3. The molecule has 3 unspecified atom stereocenters. The van der Waals surface area contributed by atoms with Crippen molar-refractivity contribution in [2.24, 2.45) is 11.8 Å². The van der Waals surface area contributed by atoms with Gasteiger partial charge >= 0.3 is 0 Å². The van der Waals surface area contributed by atoms with Crippen LogP contribution in [-0.2, 0) is 0 Å². The Kier molecular flexibility index (Phi) is 6.15. The third kappa shape index (κ3) is 4.19. The monoisotopic (exact) mass is 266 g/mol. The van der Waals surface area contributed by atoms with Crippen molar-refractivity contribution in [1.82, 2.24) is 10.2 Å². The van der Waals surface area contributed by atoms with Crippen LogP contribution in [0.3, 0.4) is 0 Å². The molecule has 1 saturated carbocycles. The van der Waals surface area contributed by atoms with Crippen molar-refractivity contribution in [3.63, 3.8) is 0 Å². The van der Waals surface area contributed by atoms with Gasteiger partial charge in [-0.15, -0.1) is 0 Å². The fourth-order valence-corrected chi connectivity index (χ4v) is 4.06. The number of rotatable bonds is 4. The molecule has 0 bridgehead atoms. The maximum absolute atomic E-state index is 3.78. The van der Waals surface area contributed by atoms with Gasteiger partial charge in [-0.05, 0) is 44.2 Å². The van der Waals surface area contributed by atoms with Gasteiger partial charge in [-0.1, -0.05) is 46.5 Å². The molecule has 2 fully saturated rings. The first-order valence-corrected chi connectivity index (χ1v) is 8.69. The van der Waals surface area contributed by atoms with E-state index in [0.717, 1.165) is 30.5 Å². The molecule has 19 heavy (non-hydrogen) atoms. The van der Waals surface area contributed by atoms with Gasteiger partial charge in [-0.3, -0.25) is 4.90 Å². The largest absolute Gasteiger partial charge is 0.313 e. The molecule has 2 nitrogen and oxygen atoms in total. The lowest BCUT2D eigenvalue weighted by Gasteiger charge is -2.37. The second-order valence-electron chi connectivity index (χ2n) is 7.01. The quantitative estimate of drug-likeness (QED) is 0.835. The van der Waals surface area contributed by atoms with E-state index >= 15 is 0 Å². The Morgan fingerprint density at radius 2 is 1.79 bits per heavy atom. The van der Waals surface area contributed by atoms with E-state index in [1.807, 2.05) is 0 Å². The Bertz CT molecular complexity index is 252. The van der Waals surface area contributed by atoms with E-state index in [2.05, 4.69) is 31.0 Å². The maximum Gasteiger partial charge on any atom is 0.0249 e. The van der Waals surface area contributed by atoms with Crippen LogP contribution in [-0.4, -0.2) is 36.6 Å². The minimum absolute atomic E-state index is 0.746. The summed E-state index contributed by atoms with van der Waals surface area (Å²) in [5.74, 6) is 1.80. The second kappa shape index (κ2) is 7.64. The van der Waals surface area contributed by atoms with E-state index in [1.54, 1.807) is 0 Å². The summed E-state index contributed by atoms with van der Waals surface area (Å²) in [5, 5.41) is 3.78. The molecule has 1 saturated heterocycles. The van der Waals surface area contributed by atoms with E-state index in [9.17, 15) is 0 Å². The molecular weight excluding hydrogens is 232 g/mol. The average Bonchev–Trinajstić information content (AvgIpc) is 2.82. The van der Waals surface area contributed by atoms with Gasteiger partial charge in [0, 0.05) is 18.6 Å². The molecule has 112 valence electrons. The number of likely N-dealkylation sites (tertiary alicyclic amines) is 1. The average molecular weight is 266 g/mol. The Morgan fingerprint density at radius 3 is 2.42 bits per heavy atom. The van der Waals surface area contributed by atoms with Crippen molar-refractivity contribution in [3.05, 3.63) is 0 Å². The highest BCUT2D eigenvalue weighted by atomic mass is 15.2. The first-order chi connectivity index (χ1) is 9.22. The SMILES string of the molecule is CCNC1CCCCCCC1N1CCC(C(C)C)C1. The van der Waals surface area contributed by atoms with Gasteiger partial charge in [0.25, 0.3) is 0 Å². The first-order valence-electron chi connectivity index (χ1n) is 8.69. The summed E-state index contributed by atoms with van der Waals surface area (Å²) in [5.41, 5.74) is 0. The molecule has 1 aliphatic carbocycles. The molecule has 1 heterocycles. The van der Waals surface area contributed by atoms with Gasteiger partial charge in [0.1, 0.15) is 0 Å². The third-order valence-corrected chi connectivity index (χ3v) is 5.36. The van der Waals surface area contributed by atoms with E-state index in [1.165, 1.54) is 58.0 Å². The van der Waals surface area contributed by atoms with Gasteiger partial charge in [-0.25, -0.2) is 0 Å². The zero-order valence-electron chi connectivity index (χ0n) is 13.3. The van der Waals surface area contributed by atoms with E-state index in [-0.39, 0.29) is 0 Å². The molecule has 3 atom stereocenters. The number of nitrogens with one attached hydrogen (secondary N) is 1. The van der Waals surface area contributed by atoms with E-state index in [0.29, 0.717) is 0 Å². The van der Waals surface area contributed by atoms with E-state index in [4.69, 9.17) is 0 Å². The summed E-state index contributed by atoms with van der Waals surface area (Å²) < 4.78 is 0. The highest BCUT2D eigenvalue weighted by molar-refractivity contribution is 4.90. The van der Waals surface area contributed by atoms with Crippen LogP contribution in [0.15, 0.2) is 0 Å². The molecule has 0 amide bonds. The van der Waals surface area contributed by atoms with E-state index < -0.39 is 0 Å². The molecular formula is C17H34N2. The van der Waals surface area contributed by atoms with Crippen LogP contribution in [0.25, 0.3) is 0 Å². The molecule has 0 aromatic rings. The molecule has 1 N–H and O–H groups in total. The molecule has 0 spiro atoms. The van der Waals surface area contributed by atoms with Crippen molar-refractivity contribution < 1.29 is 0 Å². The molecule has 0 radical (unpaired) electrons. The molecule has 1 aliphatic heterocycles.